The van der Waals surface area contributed by atoms with Crippen molar-refractivity contribution in [1.29, 1.82) is 2.86 Å². The minimum absolute atomic E-state index is 0. The Labute approximate surface area is 374 Å². The van der Waals surface area contributed by atoms with Crippen LogP contribution < -0.4 is 16.4 Å². The van der Waals surface area contributed by atoms with Crippen molar-refractivity contribution in [3.63, 3.8) is 0 Å². The summed E-state index contributed by atoms with van der Waals surface area (Å²) in [6.07, 6.45) is -1.45. The Kier molecular flexibility index (Phi) is 15.2. The number of esters is 4. The normalized spacial score (nSPS) is 21.2. The summed E-state index contributed by atoms with van der Waals surface area (Å²) in [4.78, 5) is 105. The van der Waals surface area contributed by atoms with Crippen LogP contribution in [0.5, 0.6) is 0 Å². The molecule has 0 unspecified atom stereocenters. The number of primary amides is 1. The van der Waals surface area contributed by atoms with E-state index >= 15 is 0 Å². The first-order valence-electron chi connectivity index (χ1n) is 20.6. The lowest BCUT2D eigenvalue weighted by Gasteiger charge is -2.24. The van der Waals surface area contributed by atoms with Gasteiger partial charge in [-0.15, -0.1) is 0 Å². The van der Waals surface area contributed by atoms with E-state index in [1.807, 2.05) is 0 Å². The van der Waals surface area contributed by atoms with Gasteiger partial charge in [0.25, 0.3) is 29.5 Å². The molecule has 25 heteroatoms. The lowest BCUT2D eigenvalue weighted by Crippen LogP contribution is -2.44. The van der Waals surface area contributed by atoms with Gasteiger partial charge >= 0.3 is 23.9 Å². The first-order chi connectivity index (χ1) is 31.7. The summed E-state index contributed by atoms with van der Waals surface area (Å²) in [6.45, 7) is 0. The molecule has 0 saturated heterocycles. The monoisotopic (exact) mass is 1020 g/mol. The second kappa shape index (κ2) is 25.3. The minimum Gasteiger partial charge on any atom is -0.469 e. The average molecular weight is 1020 g/mol. The maximum absolute atomic E-state index is 12.0. The highest BCUT2D eigenvalue weighted by atomic mass is 79.9. The highest BCUT2D eigenvalue weighted by Crippen LogP contribution is 2.29. The van der Waals surface area contributed by atoms with Crippen LogP contribution in [-0.4, -0.2) is 131 Å². The van der Waals surface area contributed by atoms with Crippen LogP contribution in [0.1, 0.15) is 79.8 Å². The van der Waals surface area contributed by atoms with Crippen LogP contribution in [0.25, 0.3) is 0 Å². The van der Waals surface area contributed by atoms with E-state index < -0.39 is 98.4 Å². The van der Waals surface area contributed by atoms with Crippen LogP contribution in [-0.2, 0) is 47.7 Å². The largest absolute Gasteiger partial charge is 0.469 e. The summed E-state index contributed by atoms with van der Waals surface area (Å²) in [5.74, 6) is -7.46. The number of hydrogen-bond donors (Lipinski definition) is 5. The highest BCUT2D eigenvalue weighted by molar-refractivity contribution is 9.11. The molecule has 0 saturated carbocycles. The maximum atomic E-state index is 12.0. The number of nitrogens with two attached hydrogens (primary N) is 1. The van der Waals surface area contributed by atoms with Crippen LogP contribution >= 0.6 is 47.8 Å². The lowest BCUT2D eigenvalue weighted by molar-refractivity contribution is -0.151. The third-order valence-corrected chi connectivity index (χ3v) is 9.00. The minimum atomic E-state index is -2.54. The molecule has 5 amide bonds. The van der Waals surface area contributed by atoms with Gasteiger partial charge < -0.3 is 48.6 Å². The van der Waals surface area contributed by atoms with Gasteiger partial charge in [0, 0.05) is 22.5 Å². The van der Waals surface area contributed by atoms with Gasteiger partial charge in [-0.3, -0.25) is 49.0 Å². The summed E-state index contributed by atoms with van der Waals surface area (Å²) in [6, 6.07) is 3.44. The smallest absolute Gasteiger partial charge is 0.329 e. The molecule has 0 aliphatic carbocycles. The standard InChI is InChI=1S/C11H13BrN2O5.2C10H9BrN2O4.2CH4O.B/c1-18-9(15)5-7(11(17)19-2)14-6(10(13)16)3-4-8(14)12;2*1-17-8(14)4-6-10(16)12-9(15)5-2-3-7(11)13(5)6;2*1-2;/h3-4,7H,5H2,1-2H3,(H2,13,16);2*2-3,6H,4H2,1H3,(H,12,15,16);2*2H,1H3;/t7-;2*6-;;;/m111.../s1/i;2*6D;2*1D3,2D;/hD2. The van der Waals surface area contributed by atoms with Crippen molar-refractivity contribution in [1.82, 2.24) is 24.3 Å². The molecule has 2 aliphatic heterocycles. The third-order valence-electron chi connectivity index (χ3n) is 7.12. The van der Waals surface area contributed by atoms with E-state index in [1.54, 1.807) is 6.07 Å². The Bertz CT molecular complexity index is 2310. The molecule has 6 N–H and O–H groups in total. The van der Waals surface area contributed by atoms with Gasteiger partial charge in [0.2, 0.25) is 2.86 Å². The fraction of sp³-hybridized carbons (Fsp3) is 0.364. The van der Waals surface area contributed by atoms with E-state index in [0.717, 1.165) is 23.4 Å². The van der Waals surface area contributed by atoms with E-state index in [-0.39, 0.29) is 42.5 Å². The van der Waals surface area contributed by atoms with Gasteiger partial charge in [-0.1, -0.05) is 0 Å². The molecular formula is C33H39BBr3N6O15. The SMILES string of the molecule is COC(=O)C[C@H](C(=O)OC)n1c(Br)ccc1C(N)=O.[2H]N1C(=O)c2ccc(Br)n2[C@]([2H])(CC(=O)OC)C1=O.[2H]N1C(=O)c2ccc(Br)n2[C@]([2H])(CC(=O)OC)C1=O.[2H]OC([2H])([2H])[2H].[2H]OC([2H])([2H])[2H].[B]. The molecule has 58 heavy (non-hydrogen) atoms. The zero-order valence-corrected chi connectivity index (χ0v) is 35.1. The number of nitrogens with one attached hydrogen (secondary N) is 2. The zero-order valence-electron chi connectivity index (χ0n) is 42.3. The molecule has 3 atom stereocenters. The predicted octanol–water partition coefficient (Wildman–Crippen LogP) is 0.713. The number of rotatable bonds is 9. The number of carbonyl (C=O) groups is 9. The number of fused-ring (bicyclic) bond motifs is 2. The number of hydrogen-bond acceptors (Lipinski definition) is 15. The van der Waals surface area contributed by atoms with E-state index in [9.17, 15) is 43.2 Å². The number of nitrogens with zero attached hydrogens (tertiary/aromatic N) is 3. The van der Waals surface area contributed by atoms with Crippen LogP contribution in [0.15, 0.2) is 50.2 Å². The fourth-order valence-corrected chi connectivity index (χ4v) is 6.30. The Morgan fingerprint density at radius 3 is 1.50 bits per heavy atom. The van der Waals surface area contributed by atoms with Gasteiger partial charge in [-0.25, -0.2) is 4.79 Å². The number of halogens is 3. The number of carbonyl (C=O) groups excluding carboxylic acids is 9. The Hall–Kier alpha value is -5.11. The summed E-state index contributed by atoms with van der Waals surface area (Å²) >= 11 is 9.43. The molecule has 0 fully saturated rings. The number of methoxy groups -OCH3 is 4. The number of imide groups is 2. The van der Waals surface area contributed by atoms with Crippen LogP contribution in [0.2, 0.25) is 2.82 Å². The summed E-state index contributed by atoms with van der Waals surface area (Å²) in [5.41, 5.74) is 5.28. The molecule has 315 valence electrons. The van der Waals surface area contributed by atoms with Gasteiger partial charge in [0.05, 0.1) is 72.5 Å². The second-order valence-electron chi connectivity index (χ2n) is 10.2. The number of amides is 5. The Balaban J connectivity index is 0.000000906. The van der Waals surface area contributed by atoms with E-state index in [1.165, 1.54) is 49.1 Å². The highest BCUT2D eigenvalue weighted by Gasteiger charge is 2.36. The van der Waals surface area contributed by atoms with Crippen LogP contribution in [0.3, 0.4) is 0 Å². The van der Waals surface area contributed by atoms with Crippen molar-refractivity contribution in [2.24, 2.45) is 5.73 Å². The number of aromatic nitrogens is 3. The van der Waals surface area contributed by atoms with E-state index in [4.69, 9.17) is 22.4 Å². The molecule has 5 rings (SSSR count). The molecule has 0 bridgehead atoms. The molecule has 3 aromatic heterocycles. The Morgan fingerprint density at radius 2 is 1.16 bits per heavy atom. The summed E-state index contributed by atoms with van der Waals surface area (Å²) in [7, 11) is -0.424. The molecule has 21 nitrogen and oxygen atoms in total. The Morgan fingerprint density at radius 1 is 0.759 bits per heavy atom. The van der Waals surface area contributed by atoms with Crippen molar-refractivity contribution in [2.45, 2.75) is 37.3 Å². The second-order valence-corrected chi connectivity index (χ2v) is 12.6. The van der Waals surface area contributed by atoms with E-state index in [0.29, 0.717) is 13.8 Å². The molecule has 3 radical (unpaired) electrons. The molecule has 3 aromatic rings. The first kappa shape index (κ1) is 34.9. The van der Waals surface area contributed by atoms with Gasteiger partial charge in [0.1, 0.15) is 35.2 Å². The summed E-state index contributed by atoms with van der Waals surface area (Å²) < 4.78 is 102. The van der Waals surface area contributed by atoms with Crippen molar-refractivity contribution in [2.75, 3.05) is 42.5 Å². The van der Waals surface area contributed by atoms with Crippen molar-refractivity contribution >= 4 is 110 Å². The fourth-order valence-electron chi connectivity index (χ4n) is 4.65. The summed E-state index contributed by atoms with van der Waals surface area (Å²) in [5, 5.41) is 6.56. The number of ether oxygens (including phenoxy) is 4. The molecule has 0 spiro atoms. The van der Waals surface area contributed by atoms with Gasteiger partial charge in [-0.2, -0.15) is 0 Å². The third kappa shape index (κ3) is 13.2. The molecule has 5 heterocycles. The van der Waals surface area contributed by atoms with Crippen LogP contribution in [0.4, 0.5) is 0 Å². The van der Waals surface area contributed by atoms with Crippen LogP contribution in [0, 0.1) is 0 Å². The first-order valence-corrected chi connectivity index (χ1v) is 17.3. The molecule has 0 aromatic carbocycles. The quantitative estimate of drug-likeness (QED) is 0.0854. The topological polar surface area (TPSA) is 296 Å². The maximum Gasteiger partial charge on any atom is 0.329 e. The lowest BCUT2D eigenvalue weighted by atomic mass is 10.1. The van der Waals surface area contributed by atoms with Crippen molar-refractivity contribution in [3.05, 3.63) is 67.3 Å². The van der Waals surface area contributed by atoms with Gasteiger partial charge in [-0.05, 0) is 84.2 Å². The average Bonchev–Trinajstić information content (AvgIpc) is 4.01. The molecule has 2 aliphatic rings. The van der Waals surface area contributed by atoms with Gasteiger partial charge in [0.15, 0.2) is 2.82 Å². The number of aliphatic hydroxyl groups is 2. The molecular weight excluding hydrogens is 971 g/mol. The van der Waals surface area contributed by atoms with Crippen molar-refractivity contribution < 1.29 is 86.1 Å². The van der Waals surface area contributed by atoms with Crippen molar-refractivity contribution in [3.8, 4) is 0 Å². The predicted molar refractivity (Wildman–Crippen MR) is 211 cm³/mol. The van der Waals surface area contributed by atoms with E-state index in [2.05, 4.69) is 77.0 Å². The zero-order chi connectivity index (χ0) is 53.7.